The van der Waals surface area contributed by atoms with Crippen LogP contribution in [0.4, 0.5) is 13.2 Å². The summed E-state index contributed by atoms with van der Waals surface area (Å²) in [5.41, 5.74) is 0.177. The van der Waals surface area contributed by atoms with Gasteiger partial charge in [0.05, 0.1) is 17.2 Å². The molecule has 140 valence electrons. The summed E-state index contributed by atoms with van der Waals surface area (Å²) in [6.45, 7) is 0.796. The molecule has 0 heterocycles. The van der Waals surface area contributed by atoms with Gasteiger partial charge in [-0.25, -0.2) is 4.79 Å². The topological polar surface area (TPSA) is 47.6 Å². The van der Waals surface area contributed by atoms with E-state index in [2.05, 4.69) is 5.32 Å². The molecule has 7 heteroatoms. The van der Waals surface area contributed by atoms with E-state index in [0.717, 1.165) is 12.1 Å². The number of hydrogen-bond acceptors (Lipinski definition) is 4. The number of rotatable bonds is 8. The molecule has 2 aromatic carbocycles. The lowest BCUT2D eigenvalue weighted by atomic mass is 10.1. The van der Waals surface area contributed by atoms with Crippen molar-refractivity contribution in [2.45, 2.75) is 12.3 Å². The summed E-state index contributed by atoms with van der Waals surface area (Å²) in [4.78, 5) is 11.8. The van der Waals surface area contributed by atoms with Gasteiger partial charge in [-0.15, -0.1) is 0 Å². The summed E-state index contributed by atoms with van der Waals surface area (Å²) in [7, 11) is 1.43. The van der Waals surface area contributed by atoms with Crippen molar-refractivity contribution in [3.63, 3.8) is 0 Å². The highest BCUT2D eigenvalue weighted by atomic mass is 19.4. The molecule has 0 bridgehead atoms. The Bertz CT molecular complexity index is 705. The molecule has 2 rings (SSSR count). The van der Waals surface area contributed by atoms with Crippen LogP contribution in [0.5, 0.6) is 0 Å². The van der Waals surface area contributed by atoms with Gasteiger partial charge in [-0.1, -0.05) is 30.3 Å². The van der Waals surface area contributed by atoms with E-state index >= 15 is 0 Å². The van der Waals surface area contributed by atoms with E-state index in [-0.39, 0.29) is 6.61 Å². The van der Waals surface area contributed by atoms with Gasteiger partial charge in [-0.3, -0.25) is 0 Å². The number of hydrogen-bond donors (Lipinski definition) is 1. The summed E-state index contributed by atoms with van der Waals surface area (Å²) >= 11 is 0. The van der Waals surface area contributed by atoms with Gasteiger partial charge in [0, 0.05) is 20.2 Å². The second-order valence-corrected chi connectivity index (χ2v) is 5.55. The molecule has 1 N–H and O–H groups in total. The summed E-state index contributed by atoms with van der Waals surface area (Å²) in [6, 6.07) is 13.6. The smallest absolute Gasteiger partial charge is 0.416 e. The minimum atomic E-state index is -4.40. The third-order valence-electron chi connectivity index (χ3n) is 3.72. The number of esters is 1. The Balaban J connectivity index is 1.80. The Morgan fingerprint density at radius 2 is 1.85 bits per heavy atom. The van der Waals surface area contributed by atoms with Crippen LogP contribution >= 0.6 is 0 Å². The van der Waals surface area contributed by atoms with E-state index in [1.807, 2.05) is 0 Å². The fourth-order valence-electron chi connectivity index (χ4n) is 2.36. The van der Waals surface area contributed by atoms with Gasteiger partial charge in [-0.05, 0) is 29.8 Å². The van der Waals surface area contributed by atoms with Crippen LogP contribution in [-0.2, 0) is 15.7 Å². The molecule has 2 aromatic rings. The van der Waals surface area contributed by atoms with Crippen molar-refractivity contribution in [1.29, 1.82) is 0 Å². The number of alkyl halides is 3. The number of benzene rings is 2. The van der Waals surface area contributed by atoms with Crippen molar-refractivity contribution in [3.05, 3.63) is 71.3 Å². The summed E-state index contributed by atoms with van der Waals surface area (Å²) in [6.07, 6.45) is -4.94. The molecule has 0 spiro atoms. The standard InChI is InChI=1S/C19H20F3NO3/c1-25-17(15-8-5-9-16(12-15)19(20,21)22)13-23-10-11-26-18(24)14-6-3-2-4-7-14/h2-9,12,17,23H,10-11,13H2,1H3. The first-order chi connectivity index (χ1) is 12.4. The Labute approximate surface area is 149 Å². The van der Waals surface area contributed by atoms with E-state index in [9.17, 15) is 18.0 Å². The van der Waals surface area contributed by atoms with Gasteiger partial charge in [0.2, 0.25) is 0 Å². The molecule has 0 saturated carbocycles. The normalized spacial score (nSPS) is 12.6. The first kappa shape index (κ1) is 19.9. The molecule has 1 atom stereocenters. The third-order valence-corrected chi connectivity index (χ3v) is 3.72. The van der Waals surface area contributed by atoms with E-state index in [1.54, 1.807) is 36.4 Å². The van der Waals surface area contributed by atoms with Crippen LogP contribution < -0.4 is 5.32 Å². The number of halogens is 3. The van der Waals surface area contributed by atoms with E-state index in [0.29, 0.717) is 24.2 Å². The van der Waals surface area contributed by atoms with Crippen LogP contribution in [0.15, 0.2) is 54.6 Å². The maximum Gasteiger partial charge on any atom is 0.416 e. The van der Waals surface area contributed by atoms with Gasteiger partial charge < -0.3 is 14.8 Å². The lowest BCUT2D eigenvalue weighted by Gasteiger charge is -2.18. The molecule has 0 saturated heterocycles. The van der Waals surface area contributed by atoms with Gasteiger partial charge in [0.15, 0.2) is 0 Å². The lowest BCUT2D eigenvalue weighted by molar-refractivity contribution is -0.137. The van der Waals surface area contributed by atoms with Gasteiger partial charge in [-0.2, -0.15) is 13.2 Å². The first-order valence-electron chi connectivity index (χ1n) is 8.04. The maximum atomic E-state index is 12.8. The van der Waals surface area contributed by atoms with Crippen molar-refractivity contribution in [2.75, 3.05) is 26.8 Å². The summed E-state index contributed by atoms with van der Waals surface area (Å²) in [5, 5.41) is 3.02. The SMILES string of the molecule is COC(CNCCOC(=O)c1ccccc1)c1cccc(C(F)(F)F)c1. The third kappa shape index (κ3) is 5.86. The van der Waals surface area contributed by atoms with Gasteiger partial charge in [0.25, 0.3) is 0 Å². The molecule has 0 aromatic heterocycles. The molecule has 0 fully saturated rings. The van der Waals surface area contributed by atoms with Gasteiger partial charge in [0.1, 0.15) is 6.61 Å². The molecule has 0 amide bonds. The summed E-state index contributed by atoms with van der Waals surface area (Å²) in [5.74, 6) is -0.423. The van der Waals surface area contributed by atoms with Crippen molar-refractivity contribution in [2.24, 2.45) is 0 Å². The minimum Gasteiger partial charge on any atom is -0.461 e. The molecular weight excluding hydrogens is 347 g/mol. The second kappa shape index (κ2) is 9.35. The van der Waals surface area contributed by atoms with Crippen LogP contribution in [0, 0.1) is 0 Å². The maximum absolute atomic E-state index is 12.8. The van der Waals surface area contributed by atoms with Crippen molar-refractivity contribution in [3.8, 4) is 0 Å². The van der Waals surface area contributed by atoms with Crippen LogP contribution in [-0.4, -0.2) is 32.8 Å². The van der Waals surface area contributed by atoms with Crippen LogP contribution in [0.2, 0.25) is 0 Å². The number of methoxy groups -OCH3 is 1. The zero-order chi connectivity index (χ0) is 19.0. The monoisotopic (exact) mass is 367 g/mol. The minimum absolute atomic E-state index is 0.146. The highest BCUT2D eigenvalue weighted by Crippen LogP contribution is 2.31. The highest BCUT2D eigenvalue weighted by molar-refractivity contribution is 5.89. The average molecular weight is 367 g/mol. The Hall–Kier alpha value is -2.38. The zero-order valence-corrected chi connectivity index (χ0v) is 14.3. The first-order valence-corrected chi connectivity index (χ1v) is 8.04. The van der Waals surface area contributed by atoms with Crippen LogP contribution in [0.25, 0.3) is 0 Å². The van der Waals surface area contributed by atoms with E-state index < -0.39 is 23.8 Å². The zero-order valence-electron chi connectivity index (χ0n) is 14.3. The summed E-state index contributed by atoms with van der Waals surface area (Å²) < 4.78 is 48.8. The van der Waals surface area contributed by atoms with Crippen LogP contribution in [0.1, 0.15) is 27.6 Å². The Kier molecular flexibility index (Phi) is 7.17. The molecule has 0 aliphatic carbocycles. The Morgan fingerprint density at radius 1 is 1.12 bits per heavy atom. The molecule has 0 aliphatic rings. The highest BCUT2D eigenvalue weighted by Gasteiger charge is 2.30. The number of carbonyl (C=O) groups excluding carboxylic acids is 1. The second-order valence-electron chi connectivity index (χ2n) is 5.55. The molecule has 26 heavy (non-hydrogen) atoms. The molecule has 4 nitrogen and oxygen atoms in total. The number of ether oxygens (including phenoxy) is 2. The average Bonchev–Trinajstić information content (AvgIpc) is 2.64. The fourth-order valence-corrected chi connectivity index (χ4v) is 2.36. The fraction of sp³-hybridized carbons (Fsp3) is 0.316. The number of carbonyl (C=O) groups is 1. The molecule has 0 radical (unpaired) electrons. The number of nitrogens with one attached hydrogen (secondary N) is 1. The van der Waals surface area contributed by atoms with Crippen LogP contribution in [0.3, 0.4) is 0 Å². The lowest BCUT2D eigenvalue weighted by Crippen LogP contribution is -2.27. The molecule has 1 unspecified atom stereocenters. The van der Waals surface area contributed by atoms with Crippen molar-refractivity contribution >= 4 is 5.97 Å². The van der Waals surface area contributed by atoms with E-state index in [4.69, 9.17) is 9.47 Å². The largest absolute Gasteiger partial charge is 0.461 e. The Morgan fingerprint density at radius 3 is 2.50 bits per heavy atom. The predicted octanol–water partition coefficient (Wildman–Crippen LogP) is 3.84. The molecular formula is C19H20F3NO3. The van der Waals surface area contributed by atoms with Gasteiger partial charge >= 0.3 is 12.1 Å². The molecule has 0 aliphatic heterocycles. The predicted molar refractivity (Wildman–Crippen MR) is 90.8 cm³/mol. The quantitative estimate of drug-likeness (QED) is 0.569. The van der Waals surface area contributed by atoms with E-state index in [1.165, 1.54) is 13.2 Å². The van der Waals surface area contributed by atoms with Crippen molar-refractivity contribution < 1.29 is 27.4 Å². The van der Waals surface area contributed by atoms with Crippen molar-refractivity contribution in [1.82, 2.24) is 5.32 Å².